The quantitative estimate of drug-likeness (QED) is 0.852. The standard InChI is InChI=1S/C10H11FO4S/c11-7-16(14,15)9-3-1-2-8(6-9)4-5-10(12)13/h1-3,6H,4-5,7H2,(H,12,13). The first-order valence-corrected chi connectivity index (χ1v) is 6.20. The molecule has 0 heterocycles. The minimum absolute atomic E-state index is 0.0842. The van der Waals surface area contributed by atoms with Crippen LogP contribution in [0.25, 0.3) is 0 Å². The Kier molecular flexibility index (Phi) is 4.00. The van der Waals surface area contributed by atoms with Gasteiger partial charge in [0.25, 0.3) is 0 Å². The highest BCUT2D eigenvalue weighted by molar-refractivity contribution is 7.91. The number of alkyl halides is 1. The summed E-state index contributed by atoms with van der Waals surface area (Å²) >= 11 is 0. The minimum Gasteiger partial charge on any atom is -0.481 e. The van der Waals surface area contributed by atoms with Gasteiger partial charge in [0.2, 0.25) is 9.84 Å². The highest BCUT2D eigenvalue weighted by atomic mass is 32.2. The molecule has 0 aliphatic rings. The van der Waals surface area contributed by atoms with Crippen molar-refractivity contribution in [3.63, 3.8) is 0 Å². The normalized spacial score (nSPS) is 11.3. The zero-order chi connectivity index (χ0) is 12.2. The molecule has 0 atom stereocenters. The van der Waals surface area contributed by atoms with E-state index in [2.05, 4.69) is 0 Å². The van der Waals surface area contributed by atoms with Crippen LogP contribution >= 0.6 is 0 Å². The van der Waals surface area contributed by atoms with Crippen molar-refractivity contribution in [3.8, 4) is 0 Å². The maximum Gasteiger partial charge on any atom is 0.303 e. The number of carboxylic acid groups (broad SMARTS) is 1. The number of sulfone groups is 1. The van der Waals surface area contributed by atoms with Crippen LogP contribution in [-0.4, -0.2) is 25.5 Å². The third-order valence-electron chi connectivity index (χ3n) is 2.03. The van der Waals surface area contributed by atoms with Crippen molar-refractivity contribution in [3.05, 3.63) is 29.8 Å². The smallest absolute Gasteiger partial charge is 0.303 e. The van der Waals surface area contributed by atoms with Gasteiger partial charge >= 0.3 is 5.97 Å². The Balaban J connectivity index is 2.91. The van der Waals surface area contributed by atoms with E-state index in [9.17, 15) is 17.6 Å². The second kappa shape index (κ2) is 5.07. The van der Waals surface area contributed by atoms with Gasteiger partial charge in [0.15, 0.2) is 6.01 Å². The van der Waals surface area contributed by atoms with Crippen molar-refractivity contribution in [2.45, 2.75) is 17.7 Å². The first-order valence-electron chi connectivity index (χ1n) is 4.55. The van der Waals surface area contributed by atoms with Gasteiger partial charge in [0, 0.05) is 6.42 Å². The summed E-state index contributed by atoms with van der Waals surface area (Å²) < 4.78 is 34.6. The van der Waals surface area contributed by atoms with Gasteiger partial charge in [-0.15, -0.1) is 0 Å². The number of hydrogen-bond acceptors (Lipinski definition) is 3. The van der Waals surface area contributed by atoms with Crippen molar-refractivity contribution in [2.75, 3.05) is 6.01 Å². The predicted octanol–water partition coefficient (Wildman–Crippen LogP) is 1.40. The molecule has 0 spiro atoms. The van der Waals surface area contributed by atoms with Crippen LogP contribution in [0.15, 0.2) is 29.2 Å². The molecule has 0 saturated heterocycles. The second-order valence-electron chi connectivity index (χ2n) is 3.27. The Morgan fingerprint density at radius 2 is 2.06 bits per heavy atom. The van der Waals surface area contributed by atoms with Gasteiger partial charge in [-0.05, 0) is 24.1 Å². The lowest BCUT2D eigenvalue weighted by Gasteiger charge is -2.03. The summed E-state index contributed by atoms with van der Waals surface area (Å²) in [7, 11) is -3.87. The van der Waals surface area contributed by atoms with Gasteiger partial charge in [-0.25, -0.2) is 12.8 Å². The molecule has 0 aliphatic heterocycles. The summed E-state index contributed by atoms with van der Waals surface area (Å²) in [6.07, 6.45) is 0.143. The molecule has 0 aliphatic carbocycles. The van der Waals surface area contributed by atoms with Crippen LogP contribution in [-0.2, 0) is 21.1 Å². The highest BCUT2D eigenvalue weighted by Crippen LogP contribution is 2.14. The van der Waals surface area contributed by atoms with E-state index in [1.54, 1.807) is 6.07 Å². The fraction of sp³-hybridized carbons (Fsp3) is 0.300. The average molecular weight is 246 g/mol. The van der Waals surface area contributed by atoms with Crippen LogP contribution in [0, 0.1) is 0 Å². The van der Waals surface area contributed by atoms with Gasteiger partial charge in [-0.3, -0.25) is 4.79 Å². The molecule has 88 valence electrons. The van der Waals surface area contributed by atoms with E-state index in [-0.39, 0.29) is 17.7 Å². The zero-order valence-corrected chi connectivity index (χ0v) is 9.21. The summed E-state index contributed by atoms with van der Waals surface area (Å²) in [6.45, 7) is 0. The van der Waals surface area contributed by atoms with Gasteiger partial charge in [0.05, 0.1) is 4.90 Å². The first-order chi connectivity index (χ1) is 7.45. The molecule has 1 aromatic carbocycles. The Morgan fingerprint density at radius 1 is 1.38 bits per heavy atom. The number of aliphatic carboxylic acids is 1. The lowest BCUT2D eigenvalue weighted by molar-refractivity contribution is -0.136. The van der Waals surface area contributed by atoms with Crippen LogP contribution in [0.4, 0.5) is 4.39 Å². The number of carboxylic acids is 1. The molecular weight excluding hydrogens is 235 g/mol. The molecule has 0 bridgehead atoms. The van der Waals surface area contributed by atoms with Crippen LogP contribution in [0.3, 0.4) is 0 Å². The van der Waals surface area contributed by atoms with E-state index < -0.39 is 21.8 Å². The molecule has 0 unspecified atom stereocenters. The van der Waals surface area contributed by atoms with Crippen molar-refractivity contribution < 1.29 is 22.7 Å². The van der Waals surface area contributed by atoms with E-state index in [1.807, 2.05) is 0 Å². The number of carbonyl (C=O) groups is 1. The molecule has 16 heavy (non-hydrogen) atoms. The fourth-order valence-electron chi connectivity index (χ4n) is 1.21. The monoisotopic (exact) mass is 246 g/mol. The molecule has 1 aromatic rings. The average Bonchev–Trinajstić information content (AvgIpc) is 2.27. The number of rotatable bonds is 5. The van der Waals surface area contributed by atoms with Crippen molar-refractivity contribution >= 4 is 15.8 Å². The minimum atomic E-state index is -3.87. The zero-order valence-electron chi connectivity index (χ0n) is 8.39. The first kappa shape index (κ1) is 12.6. The summed E-state index contributed by atoms with van der Waals surface area (Å²) in [5, 5.41) is 8.47. The Bertz CT molecular complexity index is 481. The molecule has 0 saturated carbocycles. The van der Waals surface area contributed by atoms with Gasteiger partial charge < -0.3 is 5.11 Å². The Labute approximate surface area is 92.6 Å². The molecule has 0 radical (unpaired) electrons. The Morgan fingerprint density at radius 3 is 2.62 bits per heavy atom. The maximum absolute atomic E-state index is 12.2. The van der Waals surface area contributed by atoms with Crippen molar-refractivity contribution in [2.24, 2.45) is 0 Å². The van der Waals surface area contributed by atoms with E-state index in [0.29, 0.717) is 5.56 Å². The fourth-order valence-corrected chi connectivity index (χ4v) is 1.95. The molecular formula is C10H11FO4S. The van der Waals surface area contributed by atoms with Crippen molar-refractivity contribution in [1.82, 2.24) is 0 Å². The Hall–Kier alpha value is -1.43. The molecule has 4 nitrogen and oxygen atoms in total. The lowest BCUT2D eigenvalue weighted by atomic mass is 10.1. The van der Waals surface area contributed by atoms with Crippen LogP contribution in [0.2, 0.25) is 0 Å². The molecule has 6 heteroatoms. The van der Waals surface area contributed by atoms with Crippen LogP contribution in [0.1, 0.15) is 12.0 Å². The number of halogens is 1. The van der Waals surface area contributed by atoms with E-state index >= 15 is 0 Å². The summed E-state index contributed by atoms with van der Waals surface area (Å²) in [5.41, 5.74) is 0.567. The third-order valence-corrected chi connectivity index (χ3v) is 3.29. The molecule has 1 N–H and O–H groups in total. The second-order valence-corrected chi connectivity index (χ2v) is 5.18. The predicted molar refractivity (Wildman–Crippen MR) is 55.6 cm³/mol. The molecule has 0 aromatic heterocycles. The van der Waals surface area contributed by atoms with Gasteiger partial charge in [-0.1, -0.05) is 12.1 Å². The summed E-state index contributed by atoms with van der Waals surface area (Å²) in [4.78, 5) is 10.2. The maximum atomic E-state index is 12.2. The van der Waals surface area contributed by atoms with Crippen LogP contribution < -0.4 is 0 Å². The number of hydrogen-bond donors (Lipinski definition) is 1. The third kappa shape index (κ3) is 3.30. The molecule has 0 fully saturated rings. The van der Waals surface area contributed by atoms with Crippen LogP contribution in [0.5, 0.6) is 0 Å². The number of aryl methyl sites for hydroxylation is 1. The van der Waals surface area contributed by atoms with E-state index in [1.165, 1.54) is 18.2 Å². The van der Waals surface area contributed by atoms with Crippen molar-refractivity contribution in [1.29, 1.82) is 0 Å². The molecule has 0 amide bonds. The van der Waals surface area contributed by atoms with Gasteiger partial charge in [-0.2, -0.15) is 0 Å². The molecule has 1 rings (SSSR count). The largest absolute Gasteiger partial charge is 0.481 e. The topological polar surface area (TPSA) is 71.4 Å². The number of benzene rings is 1. The van der Waals surface area contributed by atoms with E-state index in [0.717, 1.165) is 0 Å². The lowest BCUT2D eigenvalue weighted by Crippen LogP contribution is -2.04. The summed E-state index contributed by atoms with van der Waals surface area (Å²) in [6, 6.07) is 4.23. The van der Waals surface area contributed by atoms with Gasteiger partial charge in [0.1, 0.15) is 0 Å². The highest BCUT2D eigenvalue weighted by Gasteiger charge is 2.13. The summed E-state index contributed by atoms with van der Waals surface area (Å²) in [5.74, 6) is -0.959. The SMILES string of the molecule is O=C(O)CCc1cccc(S(=O)(=O)CF)c1. The van der Waals surface area contributed by atoms with E-state index in [4.69, 9.17) is 5.11 Å².